The van der Waals surface area contributed by atoms with E-state index >= 15 is 0 Å². The van der Waals surface area contributed by atoms with Gasteiger partial charge in [0.25, 0.3) is 0 Å². The van der Waals surface area contributed by atoms with E-state index in [1.165, 1.54) is 12.1 Å². The first-order chi connectivity index (χ1) is 6.15. The van der Waals surface area contributed by atoms with Gasteiger partial charge in [0.2, 0.25) is 0 Å². The highest BCUT2D eigenvalue weighted by molar-refractivity contribution is 5.86. The van der Waals surface area contributed by atoms with Gasteiger partial charge in [-0.25, -0.2) is 4.79 Å². The maximum atomic E-state index is 10.7. The van der Waals surface area contributed by atoms with Crippen molar-refractivity contribution in [3.8, 4) is 5.75 Å². The fourth-order valence-electron chi connectivity index (χ4n) is 1.09. The van der Waals surface area contributed by atoms with Crippen LogP contribution in [0.5, 0.6) is 5.75 Å². The van der Waals surface area contributed by atoms with E-state index in [0.29, 0.717) is 12.2 Å². The third kappa shape index (κ3) is 2.11. The van der Waals surface area contributed by atoms with Crippen LogP contribution in [-0.2, 0) is 0 Å². The lowest BCUT2D eigenvalue weighted by molar-refractivity contribution is 0.202. The molecule has 0 aromatic heterocycles. The van der Waals surface area contributed by atoms with Crippen molar-refractivity contribution in [1.82, 2.24) is 0 Å². The Bertz CT molecular complexity index is 311. The van der Waals surface area contributed by atoms with E-state index in [4.69, 9.17) is 10.2 Å². The van der Waals surface area contributed by atoms with Crippen molar-refractivity contribution < 1.29 is 15.0 Å². The number of carbonyl (C=O) groups is 1. The zero-order valence-electron chi connectivity index (χ0n) is 7.27. The molecule has 13 heavy (non-hydrogen) atoms. The predicted octanol–water partition coefficient (Wildman–Crippen LogP) is 1.90. The second-order valence-electron chi connectivity index (χ2n) is 2.55. The molecule has 4 nitrogen and oxygen atoms in total. The highest BCUT2D eigenvalue weighted by Crippen LogP contribution is 2.19. The highest BCUT2D eigenvalue weighted by Gasteiger charge is 2.11. The van der Waals surface area contributed by atoms with Gasteiger partial charge in [-0.1, -0.05) is 6.07 Å². The van der Waals surface area contributed by atoms with Crippen LogP contribution in [0, 0.1) is 0 Å². The Labute approximate surface area is 76.0 Å². The van der Waals surface area contributed by atoms with Crippen LogP contribution in [0.25, 0.3) is 0 Å². The average Bonchev–Trinajstić information content (AvgIpc) is 2.04. The standard InChI is InChI=1S/C9H11NO3/c1-2-10(9(12)13)7-4-3-5-8(11)6-7/h3-6,11H,2H2,1H3,(H,12,13). The van der Waals surface area contributed by atoms with Crippen LogP contribution in [0.15, 0.2) is 24.3 Å². The Morgan fingerprint density at radius 3 is 2.69 bits per heavy atom. The number of carboxylic acid groups (broad SMARTS) is 1. The van der Waals surface area contributed by atoms with E-state index in [0.717, 1.165) is 4.90 Å². The van der Waals surface area contributed by atoms with Crippen molar-refractivity contribution in [2.75, 3.05) is 11.4 Å². The van der Waals surface area contributed by atoms with Crippen LogP contribution in [0.4, 0.5) is 10.5 Å². The van der Waals surface area contributed by atoms with Crippen LogP contribution in [0.3, 0.4) is 0 Å². The smallest absolute Gasteiger partial charge is 0.411 e. The molecule has 2 N–H and O–H groups in total. The van der Waals surface area contributed by atoms with Crippen molar-refractivity contribution in [2.24, 2.45) is 0 Å². The number of benzene rings is 1. The van der Waals surface area contributed by atoms with E-state index in [-0.39, 0.29) is 5.75 Å². The second kappa shape index (κ2) is 3.80. The van der Waals surface area contributed by atoms with Crippen molar-refractivity contribution in [3.63, 3.8) is 0 Å². The maximum absolute atomic E-state index is 10.7. The molecule has 4 heteroatoms. The summed E-state index contributed by atoms with van der Waals surface area (Å²) in [6, 6.07) is 6.16. The summed E-state index contributed by atoms with van der Waals surface area (Å²) in [6.45, 7) is 2.09. The van der Waals surface area contributed by atoms with E-state index in [9.17, 15) is 4.79 Å². The van der Waals surface area contributed by atoms with Gasteiger partial charge in [-0.2, -0.15) is 0 Å². The Hall–Kier alpha value is -1.71. The molecule has 0 aliphatic heterocycles. The number of hydrogen-bond donors (Lipinski definition) is 2. The summed E-state index contributed by atoms with van der Waals surface area (Å²) >= 11 is 0. The molecule has 0 radical (unpaired) electrons. The molecular formula is C9H11NO3. The summed E-state index contributed by atoms with van der Waals surface area (Å²) in [5.41, 5.74) is 0.481. The van der Waals surface area contributed by atoms with Gasteiger partial charge in [-0.3, -0.25) is 4.90 Å². The number of nitrogens with zero attached hydrogens (tertiary/aromatic N) is 1. The molecule has 0 saturated heterocycles. The average molecular weight is 181 g/mol. The summed E-state index contributed by atoms with van der Waals surface area (Å²) in [6.07, 6.45) is -1.02. The maximum Gasteiger partial charge on any atom is 0.411 e. The van der Waals surface area contributed by atoms with E-state index < -0.39 is 6.09 Å². The minimum Gasteiger partial charge on any atom is -0.508 e. The van der Waals surface area contributed by atoms with Crippen molar-refractivity contribution in [2.45, 2.75) is 6.92 Å². The van der Waals surface area contributed by atoms with Gasteiger partial charge in [0.05, 0.1) is 5.69 Å². The molecule has 0 unspecified atom stereocenters. The Balaban J connectivity index is 2.98. The molecule has 0 saturated carbocycles. The van der Waals surface area contributed by atoms with Crippen molar-refractivity contribution >= 4 is 11.8 Å². The van der Waals surface area contributed by atoms with Crippen LogP contribution >= 0.6 is 0 Å². The molecule has 1 rings (SSSR count). The lowest BCUT2D eigenvalue weighted by atomic mass is 10.3. The van der Waals surface area contributed by atoms with Crippen LogP contribution < -0.4 is 4.90 Å². The van der Waals surface area contributed by atoms with Crippen LogP contribution in [0.1, 0.15) is 6.92 Å². The van der Waals surface area contributed by atoms with E-state index in [2.05, 4.69) is 0 Å². The number of anilines is 1. The van der Waals surface area contributed by atoms with Gasteiger partial charge >= 0.3 is 6.09 Å². The van der Waals surface area contributed by atoms with E-state index in [1.807, 2.05) is 0 Å². The minimum absolute atomic E-state index is 0.0669. The summed E-state index contributed by atoms with van der Waals surface area (Å²) in [4.78, 5) is 11.8. The Morgan fingerprint density at radius 2 is 2.23 bits per heavy atom. The summed E-state index contributed by atoms with van der Waals surface area (Å²) in [5.74, 6) is 0.0669. The predicted molar refractivity (Wildman–Crippen MR) is 49.2 cm³/mol. The first-order valence-electron chi connectivity index (χ1n) is 3.94. The zero-order valence-corrected chi connectivity index (χ0v) is 7.27. The van der Waals surface area contributed by atoms with Crippen LogP contribution in [-0.4, -0.2) is 22.9 Å². The van der Waals surface area contributed by atoms with Gasteiger partial charge in [0.15, 0.2) is 0 Å². The highest BCUT2D eigenvalue weighted by atomic mass is 16.4. The molecule has 0 atom stereocenters. The summed E-state index contributed by atoms with van der Waals surface area (Å²) in [7, 11) is 0. The Kier molecular flexibility index (Phi) is 2.74. The molecule has 0 aliphatic carbocycles. The fraction of sp³-hybridized carbons (Fsp3) is 0.222. The largest absolute Gasteiger partial charge is 0.508 e. The van der Waals surface area contributed by atoms with Crippen LogP contribution in [0.2, 0.25) is 0 Å². The third-order valence-electron chi connectivity index (χ3n) is 1.69. The van der Waals surface area contributed by atoms with Crippen molar-refractivity contribution in [1.29, 1.82) is 0 Å². The number of rotatable bonds is 2. The minimum atomic E-state index is -1.02. The zero-order chi connectivity index (χ0) is 9.84. The van der Waals surface area contributed by atoms with E-state index in [1.54, 1.807) is 19.1 Å². The molecule has 1 aromatic carbocycles. The normalized spacial score (nSPS) is 9.62. The molecule has 0 bridgehead atoms. The molecule has 0 spiro atoms. The SMILES string of the molecule is CCN(C(=O)O)c1cccc(O)c1. The first kappa shape index (κ1) is 9.38. The molecular weight excluding hydrogens is 170 g/mol. The number of phenols is 1. The summed E-state index contributed by atoms with van der Waals surface area (Å²) in [5, 5.41) is 17.9. The van der Waals surface area contributed by atoms with Gasteiger partial charge in [-0.15, -0.1) is 0 Å². The molecule has 1 aromatic rings. The lowest BCUT2D eigenvalue weighted by Gasteiger charge is -2.16. The molecule has 0 heterocycles. The topological polar surface area (TPSA) is 60.8 Å². The van der Waals surface area contributed by atoms with Gasteiger partial charge in [0.1, 0.15) is 5.75 Å². The summed E-state index contributed by atoms with van der Waals surface area (Å²) < 4.78 is 0. The van der Waals surface area contributed by atoms with Gasteiger partial charge < -0.3 is 10.2 Å². The number of amides is 1. The Morgan fingerprint density at radius 1 is 1.54 bits per heavy atom. The van der Waals surface area contributed by atoms with Gasteiger partial charge in [0, 0.05) is 12.6 Å². The first-order valence-corrected chi connectivity index (χ1v) is 3.94. The monoisotopic (exact) mass is 181 g/mol. The second-order valence-corrected chi connectivity index (χ2v) is 2.55. The van der Waals surface area contributed by atoms with Gasteiger partial charge in [-0.05, 0) is 19.1 Å². The molecule has 0 aliphatic rings. The quantitative estimate of drug-likeness (QED) is 0.732. The number of aromatic hydroxyl groups is 1. The number of phenolic OH excluding ortho intramolecular Hbond substituents is 1. The fourth-order valence-corrected chi connectivity index (χ4v) is 1.09. The molecule has 1 amide bonds. The van der Waals surface area contributed by atoms with Crippen molar-refractivity contribution in [3.05, 3.63) is 24.3 Å². The lowest BCUT2D eigenvalue weighted by Crippen LogP contribution is -2.28. The molecule has 70 valence electrons. The number of hydrogen-bond acceptors (Lipinski definition) is 2. The third-order valence-corrected chi connectivity index (χ3v) is 1.69. The molecule has 0 fully saturated rings.